The van der Waals surface area contributed by atoms with Gasteiger partial charge in [0.1, 0.15) is 11.6 Å². The molecule has 1 aliphatic rings. The third kappa shape index (κ3) is 3.75. The Balaban J connectivity index is 1.89. The lowest BCUT2D eigenvalue weighted by molar-refractivity contribution is -0.112. The van der Waals surface area contributed by atoms with Gasteiger partial charge in [-0.2, -0.15) is 0 Å². The van der Waals surface area contributed by atoms with E-state index in [0.29, 0.717) is 17.6 Å². The SMILES string of the molecule is O=C1/C(=C/c2cccc(O)c2)CCC/C1=C\c1cccc(F)c1. The minimum atomic E-state index is -0.307. The van der Waals surface area contributed by atoms with Gasteiger partial charge in [-0.3, -0.25) is 4.79 Å². The Morgan fingerprint density at radius 3 is 2.13 bits per heavy atom. The van der Waals surface area contributed by atoms with Crippen molar-refractivity contribution >= 4 is 17.9 Å². The van der Waals surface area contributed by atoms with Crippen LogP contribution in [-0.2, 0) is 4.79 Å². The quantitative estimate of drug-likeness (QED) is 0.813. The van der Waals surface area contributed by atoms with Gasteiger partial charge in [-0.1, -0.05) is 24.3 Å². The number of rotatable bonds is 2. The average Bonchev–Trinajstić information content (AvgIpc) is 2.51. The summed E-state index contributed by atoms with van der Waals surface area (Å²) in [6, 6.07) is 13.1. The molecule has 0 aromatic heterocycles. The summed E-state index contributed by atoms with van der Waals surface area (Å²) in [5, 5.41) is 9.52. The number of carbonyl (C=O) groups excluding carboxylic acids is 1. The number of aromatic hydroxyl groups is 1. The first-order valence-corrected chi connectivity index (χ1v) is 7.62. The molecule has 2 aromatic carbocycles. The van der Waals surface area contributed by atoms with Crippen LogP contribution in [0.25, 0.3) is 12.2 Å². The summed E-state index contributed by atoms with van der Waals surface area (Å²) >= 11 is 0. The van der Waals surface area contributed by atoms with Crippen molar-refractivity contribution in [2.45, 2.75) is 19.3 Å². The number of carbonyl (C=O) groups is 1. The summed E-state index contributed by atoms with van der Waals surface area (Å²) in [4.78, 5) is 12.6. The van der Waals surface area contributed by atoms with Crippen LogP contribution in [0.5, 0.6) is 5.75 Å². The number of hydrogen-bond acceptors (Lipinski definition) is 2. The number of phenols is 1. The predicted molar refractivity (Wildman–Crippen MR) is 89.3 cm³/mol. The van der Waals surface area contributed by atoms with Crippen LogP contribution in [0.4, 0.5) is 4.39 Å². The van der Waals surface area contributed by atoms with Gasteiger partial charge in [-0.15, -0.1) is 0 Å². The highest BCUT2D eigenvalue weighted by molar-refractivity contribution is 6.13. The number of allylic oxidation sites excluding steroid dienone is 2. The first-order valence-electron chi connectivity index (χ1n) is 7.62. The minimum Gasteiger partial charge on any atom is -0.508 e. The van der Waals surface area contributed by atoms with E-state index in [1.165, 1.54) is 12.1 Å². The Labute approximate surface area is 134 Å². The molecular formula is C20H17FO2. The zero-order valence-electron chi connectivity index (χ0n) is 12.6. The van der Waals surface area contributed by atoms with Gasteiger partial charge >= 0.3 is 0 Å². The van der Waals surface area contributed by atoms with Crippen molar-refractivity contribution in [3.8, 4) is 5.75 Å². The molecule has 116 valence electrons. The van der Waals surface area contributed by atoms with Crippen LogP contribution in [0, 0.1) is 5.82 Å². The molecule has 1 fully saturated rings. The smallest absolute Gasteiger partial charge is 0.185 e. The Bertz CT molecular complexity index is 737. The standard InChI is InChI=1S/C20H17FO2/c21-18-8-1-4-14(12-18)10-16-6-3-7-17(20(16)23)11-15-5-2-9-19(22)13-15/h1-2,4-5,8-13,22H,3,6-7H2/b16-10+,17-11+. The monoisotopic (exact) mass is 308 g/mol. The summed E-state index contributed by atoms with van der Waals surface area (Å²) in [5.74, 6) is -0.125. The largest absolute Gasteiger partial charge is 0.508 e. The van der Waals surface area contributed by atoms with Crippen molar-refractivity contribution in [2.75, 3.05) is 0 Å². The van der Waals surface area contributed by atoms with E-state index in [2.05, 4.69) is 0 Å². The first kappa shape index (κ1) is 15.2. The Morgan fingerprint density at radius 1 is 0.913 bits per heavy atom. The van der Waals surface area contributed by atoms with E-state index < -0.39 is 0 Å². The highest BCUT2D eigenvalue weighted by Gasteiger charge is 2.20. The molecule has 23 heavy (non-hydrogen) atoms. The van der Waals surface area contributed by atoms with Crippen LogP contribution in [0.3, 0.4) is 0 Å². The third-order valence-electron chi connectivity index (χ3n) is 3.88. The second-order valence-corrected chi connectivity index (χ2v) is 5.67. The molecule has 2 aromatic rings. The molecule has 0 amide bonds. The maximum Gasteiger partial charge on any atom is 0.185 e. The van der Waals surface area contributed by atoms with Gasteiger partial charge in [-0.25, -0.2) is 4.39 Å². The van der Waals surface area contributed by atoms with Crippen LogP contribution >= 0.6 is 0 Å². The molecule has 1 saturated carbocycles. The van der Waals surface area contributed by atoms with E-state index in [9.17, 15) is 14.3 Å². The Morgan fingerprint density at radius 2 is 1.52 bits per heavy atom. The number of halogens is 1. The number of ketones is 1. The van der Waals surface area contributed by atoms with Crippen molar-refractivity contribution in [1.29, 1.82) is 0 Å². The van der Waals surface area contributed by atoms with Gasteiger partial charge in [0.2, 0.25) is 0 Å². The van der Waals surface area contributed by atoms with Crippen LogP contribution in [-0.4, -0.2) is 10.9 Å². The molecule has 0 spiro atoms. The second kappa shape index (κ2) is 6.61. The first-order chi connectivity index (χ1) is 11.1. The van der Waals surface area contributed by atoms with Gasteiger partial charge in [-0.05, 0) is 66.8 Å². The maximum absolute atomic E-state index is 13.3. The number of hydrogen-bond donors (Lipinski definition) is 1. The molecule has 0 radical (unpaired) electrons. The molecule has 3 heteroatoms. The van der Waals surface area contributed by atoms with Crippen molar-refractivity contribution in [3.63, 3.8) is 0 Å². The second-order valence-electron chi connectivity index (χ2n) is 5.67. The molecule has 1 aliphatic carbocycles. The van der Waals surface area contributed by atoms with E-state index in [1.807, 2.05) is 12.1 Å². The summed E-state index contributed by atoms with van der Waals surface area (Å²) in [6.07, 6.45) is 5.89. The predicted octanol–water partition coefficient (Wildman–Crippen LogP) is 4.75. The molecule has 0 atom stereocenters. The summed E-state index contributed by atoms with van der Waals surface area (Å²) in [7, 11) is 0. The average molecular weight is 308 g/mol. The fraction of sp³-hybridized carbons (Fsp3) is 0.150. The molecule has 0 heterocycles. The fourth-order valence-corrected chi connectivity index (χ4v) is 2.79. The highest BCUT2D eigenvalue weighted by atomic mass is 19.1. The third-order valence-corrected chi connectivity index (χ3v) is 3.88. The molecule has 0 bridgehead atoms. The van der Waals surface area contributed by atoms with Crippen LogP contribution in [0.2, 0.25) is 0 Å². The number of phenolic OH excluding ortho intramolecular Hbond substituents is 1. The van der Waals surface area contributed by atoms with Gasteiger partial charge in [0.25, 0.3) is 0 Å². The van der Waals surface area contributed by atoms with Crippen molar-refractivity contribution in [3.05, 3.63) is 76.6 Å². The van der Waals surface area contributed by atoms with E-state index in [0.717, 1.165) is 24.0 Å². The van der Waals surface area contributed by atoms with Gasteiger partial charge in [0.05, 0.1) is 0 Å². The molecule has 3 rings (SSSR count). The summed E-state index contributed by atoms with van der Waals surface area (Å²) in [5.41, 5.74) is 2.94. The van der Waals surface area contributed by atoms with Crippen molar-refractivity contribution in [1.82, 2.24) is 0 Å². The van der Waals surface area contributed by atoms with E-state index in [-0.39, 0.29) is 17.3 Å². The normalized spacial score (nSPS) is 18.6. The number of benzene rings is 2. The Hall–Kier alpha value is -2.68. The lowest BCUT2D eigenvalue weighted by Gasteiger charge is -2.16. The van der Waals surface area contributed by atoms with Gasteiger partial charge in [0, 0.05) is 11.1 Å². The zero-order valence-corrected chi connectivity index (χ0v) is 12.6. The van der Waals surface area contributed by atoms with Crippen LogP contribution in [0.15, 0.2) is 59.7 Å². The topological polar surface area (TPSA) is 37.3 Å². The van der Waals surface area contributed by atoms with E-state index >= 15 is 0 Å². The van der Waals surface area contributed by atoms with Crippen molar-refractivity contribution in [2.24, 2.45) is 0 Å². The fourth-order valence-electron chi connectivity index (χ4n) is 2.79. The Kier molecular flexibility index (Phi) is 4.38. The van der Waals surface area contributed by atoms with E-state index in [4.69, 9.17) is 0 Å². The molecular weight excluding hydrogens is 291 g/mol. The molecule has 0 aliphatic heterocycles. The molecule has 0 unspecified atom stereocenters. The maximum atomic E-state index is 13.3. The van der Waals surface area contributed by atoms with Gasteiger partial charge in [0.15, 0.2) is 5.78 Å². The summed E-state index contributed by atoms with van der Waals surface area (Å²) < 4.78 is 13.3. The molecule has 1 N–H and O–H groups in total. The van der Waals surface area contributed by atoms with Crippen molar-refractivity contribution < 1.29 is 14.3 Å². The minimum absolute atomic E-state index is 0.00357. The van der Waals surface area contributed by atoms with Gasteiger partial charge < -0.3 is 5.11 Å². The van der Waals surface area contributed by atoms with Crippen LogP contribution < -0.4 is 0 Å². The number of Topliss-reactive ketones (excluding diaryl/α,β-unsaturated/α-hetero) is 1. The lowest BCUT2D eigenvalue weighted by atomic mass is 9.87. The molecule has 0 saturated heterocycles. The lowest BCUT2D eigenvalue weighted by Crippen LogP contribution is -2.12. The highest BCUT2D eigenvalue weighted by Crippen LogP contribution is 2.28. The zero-order chi connectivity index (χ0) is 16.2. The van der Waals surface area contributed by atoms with E-state index in [1.54, 1.807) is 36.4 Å². The molecule has 2 nitrogen and oxygen atoms in total. The summed E-state index contributed by atoms with van der Waals surface area (Å²) in [6.45, 7) is 0. The van der Waals surface area contributed by atoms with Crippen LogP contribution in [0.1, 0.15) is 30.4 Å².